The van der Waals surface area contributed by atoms with Crippen molar-refractivity contribution in [3.63, 3.8) is 0 Å². The van der Waals surface area contributed by atoms with E-state index in [1.54, 1.807) is 12.1 Å². The molecule has 0 saturated heterocycles. The van der Waals surface area contributed by atoms with Crippen LogP contribution >= 0.6 is 23.2 Å². The smallest absolute Gasteiger partial charge is 0.258 e. The predicted octanol–water partition coefficient (Wildman–Crippen LogP) is 4.29. The summed E-state index contributed by atoms with van der Waals surface area (Å²) in [7, 11) is 0. The van der Waals surface area contributed by atoms with E-state index >= 15 is 0 Å². The molecule has 1 aliphatic rings. The maximum atomic E-state index is 13.4. The Kier molecular flexibility index (Phi) is 6.26. The molecule has 0 fully saturated rings. The zero-order valence-corrected chi connectivity index (χ0v) is 18.4. The van der Waals surface area contributed by atoms with Crippen molar-refractivity contribution in [2.45, 2.75) is 25.6 Å². The average Bonchev–Trinajstić information content (AvgIpc) is 2.79. The van der Waals surface area contributed by atoms with E-state index in [0.29, 0.717) is 11.4 Å². The van der Waals surface area contributed by atoms with E-state index < -0.39 is 17.7 Å². The first-order valence-corrected chi connectivity index (χ1v) is 10.7. The Morgan fingerprint density at radius 1 is 0.969 bits per heavy atom. The topological polar surface area (TPSA) is 89.9 Å². The van der Waals surface area contributed by atoms with Crippen molar-refractivity contribution < 1.29 is 19.8 Å². The zero-order valence-electron chi connectivity index (χ0n) is 16.9. The molecule has 0 aromatic heterocycles. The van der Waals surface area contributed by atoms with Crippen LogP contribution in [0.4, 0.5) is 0 Å². The first kappa shape index (κ1) is 22.0. The van der Waals surface area contributed by atoms with Crippen LogP contribution in [0.2, 0.25) is 10.0 Å². The molecule has 3 N–H and O–H groups in total. The van der Waals surface area contributed by atoms with Gasteiger partial charge in [0.05, 0.1) is 10.6 Å². The van der Waals surface area contributed by atoms with E-state index in [4.69, 9.17) is 23.2 Å². The van der Waals surface area contributed by atoms with Gasteiger partial charge in [0.2, 0.25) is 5.91 Å². The number of benzene rings is 3. The van der Waals surface area contributed by atoms with Gasteiger partial charge in [-0.25, -0.2) is 0 Å². The lowest BCUT2D eigenvalue weighted by Gasteiger charge is -2.36. The number of rotatable bonds is 4. The van der Waals surface area contributed by atoms with Crippen LogP contribution in [0.1, 0.15) is 27.0 Å². The van der Waals surface area contributed by atoms with Gasteiger partial charge in [-0.15, -0.1) is 0 Å². The summed E-state index contributed by atoms with van der Waals surface area (Å²) in [6.07, 6.45) is 0.334. The Hall–Kier alpha value is -3.22. The largest absolute Gasteiger partial charge is 0.507 e. The minimum absolute atomic E-state index is 0.0627. The number of hydrogen-bond acceptors (Lipinski definition) is 4. The molecule has 0 radical (unpaired) electrons. The van der Waals surface area contributed by atoms with E-state index in [1.807, 2.05) is 36.4 Å². The highest BCUT2D eigenvalue weighted by Crippen LogP contribution is 2.33. The molecule has 1 aliphatic heterocycles. The monoisotopic (exact) mass is 470 g/mol. The van der Waals surface area contributed by atoms with Gasteiger partial charge in [-0.3, -0.25) is 9.59 Å². The van der Waals surface area contributed by atoms with E-state index in [9.17, 15) is 19.8 Å². The highest BCUT2D eigenvalue weighted by Gasteiger charge is 2.36. The highest BCUT2D eigenvalue weighted by molar-refractivity contribution is 6.32. The second-order valence-electron chi connectivity index (χ2n) is 7.59. The van der Waals surface area contributed by atoms with Crippen LogP contribution in [0.25, 0.3) is 0 Å². The number of nitrogens with zero attached hydrogens (tertiary/aromatic N) is 1. The summed E-state index contributed by atoms with van der Waals surface area (Å²) < 4.78 is 0. The standard InChI is InChI=1S/C24H20Cl2N2O4/c25-17-7-5-14(6-8-17)12-27-23(31)20-9-15-3-1-2-4-16(15)13-28(20)24(32)18-10-19(26)22(30)11-21(18)29/h1-8,10-11,20,29-30H,9,12-13H2,(H,27,31)/t20-/m1/s1. The molecular formula is C24H20Cl2N2O4. The SMILES string of the molecule is O=C(NCc1ccc(Cl)cc1)[C@H]1Cc2ccccc2CN1C(=O)c1cc(Cl)c(O)cc1O. The molecule has 1 heterocycles. The molecule has 2 amide bonds. The van der Waals surface area contributed by atoms with Crippen molar-refractivity contribution in [3.8, 4) is 11.5 Å². The fourth-order valence-corrected chi connectivity index (χ4v) is 4.05. The van der Waals surface area contributed by atoms with Gasteiger partial charge in [-0.2, -0.15) is 0 Å². The molecule has 0 bridgehead atoms. The number of nitrogens with one attached hydrogen (secondary N) is 1. The van der Waals surface area contributed by atoms with Crippen LogP contribution in [-0.2, 0) is 24.3 Å². The molecule has 164 valence electrons. The minimum Gasteiger partial charge on any atom is -0.507 e. The van der Waals surface area contributed by atoms with Crippen molar-refractivity contribution in [2.24, 2.45) is 0 Å². The van der Waals surface area contributed by atoms with Gasteiger partial charge < -0.3 is 20.4 Å². The number of amides is 2. The highest BCUT2D eigenvalue weighted by atomic mass is 35.5. The van der Waals surface area contributed by atoms with Crippen LogP contribution in [0, 0.1) is 0 Å². The molecule has 3 aromatic rings. The molecule has 0 unspecified atom stereocenters. The quantitative estimate of drug-likeness (QED) is 0.530. The van der Waals surface area contributed by atoms with Crippen LogP contribution in [0.3, 0.4) is 0 Å². The molecule has 3 aromatic carbocycles. The van der Waals surface area contributed by atoms with E-state index in [0.717, 1.165) is 22.8 Å². The summed E-state index contributed by atoms with van der Waals surface area (Å²) in [5, 5.41) is 23.4. The number of phenolic OH excluding ortho intramolecular Hbond substituents is 2. The third kappa shape index (κ3) is 4.52. The second-order valence-corrected chi connectivity index (χ2v) is 8.43. The van der Waals surface area contributed by atoms with Gasteiger partial charge in [0.25, 0.3) is 5.91 Å². The van der Waals surface area contributed by atoms with Gasteiger partial charge in [0.15, 0.2) is 0 Å². The fraction of sp³-hybridized carbons (Fsp3) is 0.167. The third-order valence-corrected chi connectivity index (χ3v) is 6.04. The molecular weight excluding hydrogens is 451 g/mol. The van der Waals surface area contributed by atoms with Crippen LogP contribution in [0.5, 0.6) is 11.5 Å². The normalized spacial score (nSPS) is 15.2. The summed E-state index contributed by atoms with van der Waals surface area (Å²) >= 11 is 11.9. The average molecular weight is 471 g/mol. The van der Waals surface area contributed by atoms with Gasteiger partial charge >= 0.3 is 0 Å². The molecule has 0 saturated carbocycles. The molecule has 0 spiro atoms. The summed E-state index contributed by atoms with van der Waals surface area (Å²) in [5.74, 6) is -1.60. The van der Waals surface area contributed by atoms with Crippen molar-refractivity contribution in [1.29, 1.82) is 0 Å². The molecule has 8 heteroatoms. The van der Waals surface area contributed by atoms with Gasteiger partial charge in [-0.05, 0) is 34.9 Å². The summed E-state index contributed by atoms with van der Waals surface area (Å²) in [6.45, 7) is 0.485. The number of hydrogen-bond donors (Lipinski definition) is 3. The number of fused-ring (bicyclic) bond motifs is 1. The lowest BCUT2D eigenvalue weighted by atomic mass is 9.92. The Balaban J connectivity index is 1.62. The maximum Gasteiger partial charge on any atom is 0.258 e. The first-order chi connectivity index (χ1) is 15.3. The van der Waals surface area contributed by atoms with Crippen LogP contribution in [-0.4, -0.2) is 33.0 Å². The van der Waals surface area contributed by atoms with Crippen molar-refractivity contribution in [2.75, 3.05) is 0 Å². The number of carbonyl (C=O) groups excluding carboxylic acids is 2. The summed E-state index contributed by atoms with van der Waals surface area (Å²) in [6, 6.07) is 16.2. The Morgan fingerprint density at radius 3 is 2.38 bits per heavy atom. The van der Waals surface area contributed by atoms with Gasteiger partial charge in [0, 0.05) is 30.6 Å². The summed E-state index contributed by atoms with van der Waals surface area (Å²) in [4.78, 5) is 27.9. The van der Waals surface area contributed by atoms with Crippen LogP contribution < -0.4 is 5.32 Å². The van der Waals surface area contributed by atoms with Crippen molar-refractivity contribution in [1.82, 2.24) is 10.2 Å². The van der Waals surface area contributed by atoms with Gasteiger partial charge in [-0.1, -0.05) is 59.6 Å². The Labute approximate surface area is 195 Å². The lowest BCUT2D eigenvalue weighted by Crippen LogP contribution is -2.52. The second kappa shape index (κ2) is 9.10. The minimum atomic E-state index is -0.781. The zero-order chi connectivity index (χ0) is 22.8. The third-order valence-electron chi connectivity index (χ3n) is 5.49. The molecule has 4 rings (SSSR count). The molecule has 1 atom stereocenters. The Bertz CT molecular complexity index is 1180. The summed E-state index contributed by atoms with van der Waals surface area (Å²) in [5.41, 5.74) is 2.70. The van der Waals surface area contributed by atoms with E-state index in [1.165, 1.54) is 11.0 Å². The molecule has 6 nitrogen and oxygen atoms in total. The lowest BCUT2D eigenvalue weighted by molar-refractivity contribution is -0.126. The number of halogens is 2. The number of aromatic hydroxyl groups is 2. The number of phenols is 2. The molecule has 0 aliphatic carbocycles. The van der Waals surface area contributed by atoms with Crippen molar-refractivity contribution in [3.05, 3.63) is 93.0 Å². The molecule has 32 heavy (non-hydrogen) atoms. The van der Waals surface area contributed by atoms with Gasteiger partial charge in [0.1, 0.15) is 17.5 Å². The van der Waals surface area contributed by atoms with Crippen molar-refractivity contribution >= 4 is 35.0 Å². The fourth-order valence-electron chi connectivity index (χ4n) is 3.76. The maximum absolute atomic E-state index is 13.4. The van der Waals surface area contributed by atoms with E-state index in [-0.39, 0.29) is 35.3 Å². The Morgan fingerprint density at radius 2 is 1.66 bits per heavy atom. The predicted molar refractivity (Wildman–Crippen MR) is 122 cm³/mol. The van der Waals surface area contributed by atoms with Crippen LogP contribution in [0.15, 0.2) is 60.7 Å². The van der Waals surface area contributed by atoms with E-state index in [2.05, 4.69) is 5.32 Å². The first-order valence-electron chi connectivity index (χ1n) is 9.95. The number of carbonyl (C=O) groups is 2.